The van der Waals surface area contributed by atoms with E-state index in [0.29, 0.717) is 17.8 Å². The van der Waals surface area contributed by atoms with Crippen molar-refractivity contribution in [1.82, 2.24) is 5.32 Å². The van der Waals surface area contributed by atoms with Crippen LogP contribution in [0.3, 0.4) is 0 Å². The van der Waals surface area contributed by atoms with Crippen molar-refractivity contribution in [3.63, 3.8) is 0 Å². The maximum Gasteiger partial charge on any atom is 0.407 e. The SMILES string of the molecule is CCOC(=O)NC(C(=O)OC)C1C(=O)N(Cc2ccccc2)c2ccccc21. The summed E-state index contributed by atoms with van der Waals surface area (Å²) in [4.78, 5) is 39.3. The summed E-state index contributed by atoms with van der Waals surface area (Å²) in [7, 11) is 1.22. The molecule has 0 aromatic heterocycles. The van der Waals surface area contributed by atoms with Gasteiger partial charge in [0.05, 0.1) is 26.2 Å². The maximum atomic E-state index is 13.3. The summed E-state index contributed by atoms with van der Waals surface area (Å²) in [5.74, 6) is -1.88. The normalized spacial score (nSPS) is 16.3. The van der Waals surface area contributed by atoms with E-state index in [2.05, 4.69) is 5.32 Å². The second-order valence-electron chi connectivity index (χ2n) is 6.31. The Morgan fingerprint density at radius 3 is 2.46 bits per heavy atom. The highest BCUT2D eigenvalue weighted by Gasteiger charge is 2.46. The Balaban J connectivity index is 1.96. The van der Waals surface area contributed by atoms with Gasteiger partial charge in [-0.25, -0.2) is 9.59 Å². The van der Waals surface area contributed by atoms with Gasteiger partial charge in [0.2, 0.25) is 5.91 Å². The highest BCUT2D eigenvalue weighted by atomic mass is 16.6. The Morgan fingerprint density at radius 1 is 1.11 bits per heavy atom. The van der Waals surface area contributed by atoms with Gasteiger partial charge in [0, 0.05) is 5.69 Å². The number of alkyl carbamates (subject to hydrolysis) is 1. The fraction of sp³-hybridized carbons (Fsp3) is 0.286. The van der Waals surface area contributed by atoms with Crippen molar-refractivity contribution in [3.05, 3.63) is 65.7 Å². The molecule has 0 aliphatic carbocycles. The van der Waals surface area contributed by atoms with Gasteiger partial charge in [0.1, 0.15) is 6.04 Å². The number of hydrogen-bond acceptors (Lipinski definition) is 5. The van der Waals surface area contributed by atoms with Gasteiger partial charge in [-0.3, -0.25) is 4.79 Å². The predicted octanol–water partition coefficient (Wildman–Crippen LogP) is 2.60. The maximum absolute atomic E-state index is 13.3. The van der Waals surface area contributed by atoms with Crippen molar-refractivity contribution in [2.24, 2.45) is 0 Å². The first-order chi connectivity index (χ1) is 13.6. The average Bonchev–Trinajstić information content (AvgIpc) is 2.98. The van der Waals surface area contributed by atoms with E-state index < -0.39 is 24.0 Å². The number of carbonyl (C=O) groups excluding carboxylic acids is 3. The van der Waals surface area contributed by atoms with E-state index in [1.54, 1.807) is 24.0 Å². The van der Waals surface area contributed by atoms with Crippen molar-refractivity contribution < 1.29 is 23.9 Å². The summed E-state index contributed by atoms with van der Waals surface area (Å²) < 4.78 is 9.73. The van der Waals surface area contributed by atoms with Crippen LogP contribution >= 0.6 is 0 Å². The average molecular weight is 382 g/mol. The lowest BCUT2D eigenvalue weighted by atomic mass is 9.92. The lowest BCUT2D eigenvalue weighted by Gasteiger charge is -2.22. The number of nitrogens with zero attached hydrogens (tertiary/aromatic N) is 1. The summed E-state index contributed by atoms with van der Waals surface area (Å²) in [6.45, 7) is 2.17. The molecule has 7 nitrogen and oxygen atoms in total. The van der Waals surface area contributed by atoms with E-state index in [0.717, 1.165) is 5.56 Å². The highest BCUT2D eigenvalue weighted by Crippen LogP contribution is 2.40. The van der Waals surface area contributed by atoms with E-state index >= 15 is 0 Å². The van der Waals surface area contributed by atoms with Gasteiger partial charge in [-0.15, -0.1) is 0 Å². The molecule has 28 heavy (non-hydrogen) atoms. The molecule has 7 heteroatoms. The first-order valence-electron chi connectivity index (χ1n) is 9.02. The third-order valence-electron chi connectivity index (χ3n) is 4.62. The van der Waals surface area contributed by atoms with Gasteiger partial charge in [-0.2, -0.15) is 0 Å². The quantitative estimate of drug-likeness (QED) is 0.777. The van der Waals surface area contributed by atoms with Gasteiger partial charge in [0.15, 0.2) is 0 Å². The van der Waals surface area contributed by atoms with Crippen LogP contribution < -0.4 is 10.2 Å². The number of para-hydroxylation sites is 1. The van der Waals surface area contributed by atoms with Crippen LogP contribution in [0.15, 0.2) is 54.6 Å². The van der Waals surface area contributed by atoms with Gasteiger partial charge in [-0.05, 0) is 24.1 Å². The van der Waals surface area contributed by atoms with Crippen LogP contribution in [0.25, 0.3) is 0 Å². The van der Waals surface area contributed by atoms with Crippen LogP contribution in [0.5, 0.6) is 0 Å². The summed E-state index contributed by atoms with van der Waals surface area (Å²) in [6.07, 6.45) is -0.773. The first kappa shape index (κ1) is 19.4. The molecule has 0 radical (unpaired) electrons. The zero-order chi connectivity index (χ0) is 20.1. The molecule has 1 heterocycles. The number of esters is 1. The van der Waals surface area contributed by atoms with Gasteiger partial charge >= 0.3 is 12.1 Å². The Bertz CT molecular complexity index is 868. The molecule has 0 saturated heterocycles. The molecule has 0 saturated carbocycles. The van der Waals surface area contributed by atoms with Crippen LogP contribution in [0.1, 0.15) is 24.0 Å². The van der Waals surface area contributed by atoms with E-state index in [1.165, 1.54) is 7.11 Å². The number of ether oxygens (including phenoxy) is 2. The molecule has 0 fully saturated rings. The second kappa shape index (κ2) is 8.56. The molecule has 1 aliphatic heterocycles. The monoisotopic (exact) mass is 382 g/mol. The van der Waals surface area contributed by atoms with Crippen LogP contribution in [-0.4, -0.2) is 37.7 Å². The van der Waals surface area contributed by atoms with E-state index in [-0.39, 0.29) is 12.5 Å². The van der Waals surface area contributed by atoms with Crippen LogP contribution in [0.2, 0.25) is 0 Å². The molecule has 1 N–H and O–H groups in total. The van der Waals surface area contributed by atoms with E-state index in [4.69, 9.17) is 9.47 Å². The number of carbonyl (C=O) groups is 3. The number of anilines is 1. The van der Waals surface area contributed by atoms with Crippen molar-refractivity contribution >= 4 is 23.7 Å². The fourth-order valence-electron chi connectivity index (χ4n) is 3.37. The third-order valence-corrected chi connectivity index (χ3v) is 4.62. The van der Waals surface area contributed by atoms with E-state index in [9.17, 15) is 14.4 Å². The summed E-state index contributed by atoms with van der Waals surface area (Å²) >= 11 is 0. The first-order valence-corrected chi connectivity index (χ1v) is 9.02. The number of amides is 2. The van der Waals surface area contributed by atoms with Crippen molar-refractivity contribution in [1.29, 1.82) is 0 Å². The third kappa shape index (κ3) is 3.83. The molecule has 146 valence electrons. The number of benzene rings is 2. The highest BCUT2D eigenvalue weighted by molar-refractivity contribution is 6.08. The van der Waals surface area contributed by atoms with Gasteiger partial charge in [0.25, 0.3) is 0 Å². The van der Waals surface area contributed by atoms with Crippen molar-refractivity contribution in [3.8, 4) is 0 Å². The predicted molar refractivity (Wildman–Crippen MR) is 103 cm³/mol. The molecule has 0 spiro atoms. The molecular weight excluding hydrogens is 360 g/mol. The Hall–Kier alpha value is -3.35. The Kier molecular flexibility index (Phi) is 5.93. The van der Waals surface area contributed by atoms with Gasteiger partial charge in [-0.1, -0.05) is 48.5 Å². The molecule has 1 aliphatic rings. The van der Waals surface area contributed by atoms with E-state index in [1.807, 2.05) is 42.5 Å². The van der Waals surface area contributed by atoms with Crippen LogP contribution in [0, 0.1) is 0 Å². The number of rotatable bonds is 6. The van der Waals surface area contributed by atoms with Crippen LogP contribution in [0.4, 0.5) is 10.5 Å². The molecule has 2 aromatic carbocycles. The molecule has 2 amide bonds. The lowest BCUT2D eigenvalue weighted by molar-refractivity contribution is -0.145. The number of fused-ring (bicyclic) bond motifs is 1. The summed E-state index contributed by atoms with van der Waals surface area (Å²) in [6, 6.07) is 15.6. The Morgan fingerprint density at radius 2 is 1.79 bits per heavy atom. The van der Waals surface area contributed by atoms with Crippen molar-refractivity contribution in [2.75, 3.05) is 18.6 Å². The zero-order valence-corrected chi connectivity index (χ0v) is 15.8. The molecule has 0 bridgehead atoms. The summed E-state index contributed by atoms with van der Waals surface area (Å²) in [5, 5.41) is 2.48. The minimum Gasteiger partial charge on any atom is -0.467 e. The van der Waals surface area contributed by atoms with Crippen molar-refractivity contribution in [2.45, 2.75) is 25.4 Å². The molecule has 3 rings (SSSR count). The minimum atomic E-state index is -1.18. The number of methoxy groups -OCH3 is 1. The molecule has 2 unspecified atom stereocenters. The number of nitrogens with one attached hydrogen (secondary N) is 1. The largest absolute Gasteiger partial charge is 0.467 e. The molecule has 2 aromatic rings. The summed E-state index contributed by atoms with van der Waals surface area (Å²) in [5.41, 5.74) is 2.33. The smallest absolute Gasteiger partial charge is 0.407 e. The minimum absolute atomic E-state index is 0.148. The van der Waals surface area contributed by atoms with Gasteiger partial charge < -0.3 is 19.7 Å². The van der Waals surface area contributed by atoms with Crippen LogP contribution in [-0.2, 0) is 25.6 Å². The Labute approximate surface area is 163 Å². The lowest BCUT2D eigenvalue weighted by Crippen LogP contribution is -2.48. The topological polar surface area (TPSA) is 84.9 Å². The standard InChI is InChI=1S/C21H22N2O5/c1-3-28-21(26)22-18(20(25)27-2)17-15-11-7-8-12-16(15)23(19(17)24)13-14-9-5-4-6-10-14/h4-12,17-18H,3,13H2,1-2H3,(H,22,26). The second-order valence-corrected chi connectivity index (χ2v) is 6.31. The molecular formula is C21H22N2O5. The fourth-order valence-corrected chi connectivity index (χ4v) is 3.37. The zero-order valence-electron chi connectivity index (χ0n) is 15.8. The number of hydrogen-bond donors (Lipinski definition) is 1. The molecule has 2 atom stereocenters.